The van der Waals surface area contributed by atoms with Crippen LogP contribution in [0.4, 0.5) is 0 Å². The van der Waals surface area contributed by atoms with E-state index < -0.39 is 0 Å². The number of carbonyl (C=O) groups excluding carboxylic acids is 2. The van der Waals surface area contributed by atoms with Gasteiger partial charge in [0.1, 0.15) is 5.75 Å². The Morgan fingerprint density at radius 1 is 1.38 bits per heavy atom. The summed E-state index contributed by atoms with van der Waals surface area (Å²) in [6, 6.07) is 4.70. The molecule has 2 heterocycles. The Balaban J connectivity index is 1.73. The molecule has 2 fully saturated rings. The molecule has 0 aliphatic carbocycles. The molecule has 1 aromatic rings. The number of aromatic hydroxyl groups is 1. The van der Waals surface area contributed by atoms with Gasteiger partial charge in [-0.1, -0.05) is 11.6 Å². The Morgan fingerprint density at radius 2 is 2.19 bits per heavy atom. The van der Waals surface area contributed by atoms with E-state index in [2.05, 4.69) is 5.32 Å². The van der Waals surface area contributed by atoms with Gasteiger partial charge in [-0.05, 0) is 37.0 Å². The molecule has 1 aromatic carbocycles. The SMILES string of the molecule is O=C1CCC2CN(C(=O)c3ccc(Cl)cc3O)CCC2N1. The van der Waals surface area contributed by atoms with Crippen molar-refractivity contribution in [3.63, 3.8) is 0 Å². The average Bonchev–Trinajstić information content (AvgIpc) is 2.46. The van der Waals surface area contributed by atoms with Crippen LogP contribution in [0.5, 0.6) is 5.75 Å². The molecule has 0 spiro atoms. The number of likely N-dealkylation sites (tertiary alicyclic amines) is 1. The number of carbonyl (C=O) groups is 2. The number of amides is 2. The van der Waals surface area contributed by atoms with Gasteiger partial charge in [0.2, 0.25) is 5.91 Å². The first-order valence-corrected chi connectivity index (χ1v) is 7.49. The third kappa shape index (κ3) is 2.83. The number of benzene rings is 1. The van der Waals surface area contributed by atoms with E-state index in [-0.39, 0.29) is 29.2 Å². The number of nitrogens with zero attached hydrogens (tertiary/aromatic N) is 1. The topological polar surface area (TPSA) is 69.6 Å². The van der Waals surface area contributed by atoms with Crippen molar-refractivity contribution in [2.45, 2.75) is 25.3 Å². The monoisotopic (exact) mass is 308 g/mol. The van der Waals surface area contributed by atoms with Crippen molar-refractivity contribution in [3.8, 4) is 5.75 Å². The highest BCUT2D eigenvalue weighted by atomic mass is 35.5. The van der Waals surface area contributed by atoms with Gasteiger partial charge < -0.3 is 15.3 Å². The largest absolute Gasteiger partial charge is 0.507 e. The summed E-state index contributed by atoms with van der Waals surface area (Å²) in [7, 11) is 0. The minimum atomic E-state index is -0.181. The van der Waals surface area contributed by atoms with Crippen molar-refractivity contribution in [3.05, 3.63) is 28.8 Å². The smallest absolute Gasteiger partial charge is 0.257 e. The van der Waals surface area contributed by atoms with Gasteiger partial charge in [-0.15, -0.1) is 0 Å². The van der Waals surface area contributed by atoms with Gasteiger partial charge in [0, 0.05) is 30.6 Å². The maximum atomic E-state index is 12.5. The summed E-state index contributed by atoms with van der Waals surface area (Å²) >= 11 is 5.79. The lowest BCUT2D eigenvalue weighted by Crippen LogP contribution is -2.55. The lowest BCUT2D eigenvalue weighted by Gasteiger charge is -2.41. The second-order valence-corrected chi connectivity index (χ2v) is 6.11. The molecule has 21 heavy (non-hydrogen) atoms. The highest BCUT2D eigenvalue weighted by molar-refractivity contribution is 6.30. The summed E-state index contributed by atoms with van der Waals surface area (Å²) in [5.41, 5.74) is 0.276. The zero-order valence-corrected chi connectivity index (χ0v) is 12.3. The molecule has 6 heteroatoms. The number of hydrogen-bond acceptors (Lipinski definition) is 3. The van der Waals surface area contributed by atoms with Gasteiger partial charge in [0.05, 0.1) is 5.56 Å². The summed E-state index contributed by atoms with van der Waals surface area (Å²) in [6.07, 6.45) is 2.10. The molecule has 0 saturated carbocycles. The quantitative estimate of drug-likeness (QED) is 0.831. The molecule has 2 N–H and O–H groups in total. The van der Waals surface area contributed by atoms with E-state index in [1.54, 1.807) is 17.0 Å². The zero-order valence-electron chi connectivity index (χ0n) is 11.5. The molecular formula is C15H17ClN2O3. The Morgan fingerprint density at radius 3 is 2.95 bits per heavy atom. The van der Waals surface area contributed by atoms with Crippen molar-refractivity contribution in [1.82, 2.24) is 10.2 Å². The molecule has 112 valence electrons. The maximum absolute atomic E-state index is 12.5. The van der Waals surface area contributed by atoms with Crippen LogP contribution in [-0.2, 0) is 4.79 Å². The predicted octanol–water partition coefficient (Wildman–Crippen LogP) is 1.79. The summed E-state index contributed by atoms with van der Waals surface area (Å²) in [4.78, 5) is 25.7. The number of hydrogen-bond donors (Lipinski definition) is 2. The summed E-state index contributed by atoms with van der Waals surface area (Å²) < 4.78 is 0. The van der Waals surface area contributed by atoms with E-state index in [4.69, 9.17) is 11.6 Å². The summed E-state index contributed by atoms with van der Waals surface area (Å²) in [5.74, 6) is 0.132. The number of piperidine rings is 2. The van der Waals surface area contributed by atoms with Crippen molar-refractivity contribution >= 4 is 23.4 Å². The number of phenols is 1. The fraction of sp³-hybridized carbons (Fsp3) is 0.467. The molecule has 2 aliphatic heterocycles. The number of halogens is 1. The van der Waals surface area contributed by atoms with Crippen LogP contribution in [0.25, 0.3) is 0 Å². The van der Waals surface area contributed by atoms with E-state index in [9.17, 15) is 14.7 Å². The van der Waals surface area contributed by atoms with Crippen LogP contribution in [-0.4, -0.2) is 41.0 Å². The Bertz CT molecular complexity index is 590. The van der Waals surface area contributed by atoms with Crippen molar-refractivity contribution in [2.24, 2.45) is 5.92 Å². The third-order valence-electron chi connectivity index (χ3n) is 4.30. The van der Waals surface area contributed by atoms with Crippen LogP contribution in [0.3, 0.4) is 0 Å². The Kier molecular flexibility index (Phi) is 3.76. The molecule has 0 aromatic heterocycles. The van der Waals surface area contributed by atoms with Gasteiger partial charge in [-0.25, -0.2) is 0 Å². The Hall–Kier alpha value is -1.75. The molecule has 3 rings (SSSR count). The van der Waals surface area contributed by atoms with Crippen LogP contribution >= 0.6 is 11.6 Å². The minimum absolute atomic E-state index is 0.0911. The molecule has 2 saturated heterocycles. The summed E-state index contributed by atoms with van der Waals surface area (Å²) in [5, 5.41) is 13.3. The van der Waals surface area contributed by atoms with E-state index in [1.807, 2.05) is 0 Å². The molecule has 0 radical (unpaired) electrons. The van der Waals surface area contributed by atoms with Crippen LogP contribution in [0.2, 0.25) is 5.02 Å². The second kappa shape index (κ2) is 5.56. The zero-order chi connectivity index (χ0) is 15.0. The molecule has 0 bridgehead atoms. The van der Waals surface area contributed by atoms with E-state index in [1.165, 1.54) is 6.07 Å². The fourth-order valence-corrected chi connectivity index (χ4v) is 3.32. The van der Waals surface area contributed by atoms with Gasteiger partial charge in [0.25, 0.3) is 5.91 Å². The average molecular weight is 309 g/mol. The van der Waals surface area contributed by atoms with Crippen LogP contribution in [0.15, 0.2) is 18.2 Å². The van der Waals surface area contributed by atoms with Gasteiger partial charge >= 0.3 is 0 Å². The maximum Gasteiger partial charge on any atom is 0.257 e. The molecule has 2 aliphatic rings. The second-order valence-electron chi connectivity index (χ2n) is 5.67. The molecular weight excluding hydrogens is 292 g/mol. The molecule has 2 amide bonds. The highest BCUT2D eigenvalue weighted by Crippen LogP contribution is 2.28. The van der Waals surface area contributed by atoms with Gasteiger partial charge in [0.15, 0.2) is 0 Å². The minimum Gasteiger partial charge on any atom is -0.507 e. The van der Waals surface area contributed by atoms with E-state index >= 15 is 0 Å². The van der Waals surface area contributed by atoms with Crippen molar-refractivity contribution in [2.75, 3.05) is 13.1 Å². The van der Waals surface area contributed by atoms with E-state index in [0.29, 0.717) is 30.5 Å². The Labute approximate surface area is 127 Å². The molecule has 5 nitrogen and oxygen atoms in total. The van der Waals surface area contributed by atoms with Gasteiger partial charge in [-0.2, -0.15) is 0 Å². The first-order valence-electron chi connectivity index (χ1n) is 7.12. The van der Waals surface area contributed by atoms with Crippen molar-refractivity contribution < 1.29 is 14.7 Å². The summed E-state index contributed by atoms with van der Waals surface area (Å²) in [6.45, 7) is 1.20. The van der Waals surface area contributed by atoms with Crippen molar-refractivity contribution in [1.29, 1.82) is 0 Å². The van der Waals surface area contributed by atoms with Crippen LogP contribution < -0.4 is 5.32 Å². The van der Waals surface area contributed by atoms with E-state index in [0.717, 1.165) is 12.8 Å². The third-order valence-corrected chi connectivity index (χ3v) is 4.54. The number of rotatable bonds is 1. The first-order chi connectivity index (χ1) is 10.0. The lowest BCUT2D eigenvalue weighted by atomic mass is 9.85. The number of fused-ring (bicyclic) bond motifs is 1. The highest BCUT2D eigenvalue weighted by Gasteiger charge is 2.35. The molecule has 2 atom stereocenters. The first kappa shape index (κ1) is 14.2. The van der Waals surface area contributed by atoms with Crippen LogP contribution in [0, 0.1) is 5.92 Å². The normalized spacial score (nSPS) is 25.2. The van der Waals surface area contributed by atoms with Crippen LogP contribution in [0.1, 0.15) is 29.6 Å². The fourth-order valence-electron chi connectivity index (χ4n) is 3.15. The number of phenolic OH excluding ortho intramolecular Hbond substituents is 1. The lowest BCUT2D eigenvalue weighted by molar-refractivity contribution is -0.125. The standard InChI is InChI=1S/C15H17ClN2O3/c16-10-2-3-11(13(19)7-10)15(21)18-6-5-12-9(8-18)1-4-14(20)17-12/h2-3,7,9,12,19H,1,4-6,8H2,(H,17,20). The molecule has 2 unspecified atom stereocenters. The number of nitrogens with one attached hydrogen (secondary N) is 1. The predicted molar refractivity (Wildman–Crippen MR) is 78.3 cm³/mol. The van der Waals surface area contributed by atoms with Gasteiger partial charge in [-0.3, -0.25) is 9.59 Å².